The van der Waals surface area contributed by atoms with Crippen LogP contribution in [0.25, 0.3) is 10.8 Å². The fraction of sp³-hybridized carbons (Fsp3) is 0.167. The number of rotatable bonds is 4. The van der Waals surface area contributed by atoms with Crippen LogP contribution in [0.15, 0.2) is 24.4 Å². The topological polar surface area (TPSA) is 62.2 Å². The number of carboxylic acids is 1. The van der Waals surface area contributed by atoms with E-state index in [2.05, 4.69) is 10.3 Å². The van der Waals surface area contributed by atoms with E-state index in [1.807, 2.05) is 0 Å². The molecule has 0 spiro atoms. The minimum Gasteiger partial charge on any atom is -0.481 e. The highest BCUT2D eigenvalue weighted by atomic mass is 19.1. The second kappa shape index (κ2) is 4.95. The molecule has 2 N–H and O–H groups in total. The summed E-state index contributed by atoms with van der Waals surface area (Å²) in [4.78, 5) is 14.3. The third kappa shape index (κ3) is 2.53. The maximum Gasteiger partial charge on any atom is 0.305 e. The molecule has 18 heavy (non-hydrogen) atoms. The number of fused-ring (bicyclic) bond motifs is 1. The average Bonchev–Trinajstić information content (AvgIpc) is 2.29. The molecule has 0 radical (unpaired) electrons. The largest absolute Gasteiger partial charge is 0.481 e. The SMILES string of the molecule is O=C(O)CCNc1nccc2c(F)cc(F)cc12. The van der Waals surface area contributed by atoms with E-state index in [0.717, 1.165) is 12.1 Å². The third-order valence-corrected chi connectivity index (χ3v) is 2.43. The molecule has 0 unspecified atom stereocenters. The van der Waals surface area contributed by atoms with Crippen LogP contribution in [0.3, 0.4) is 0 Å². The minimum atomic E-state index is -0.958. The van der Waals surface area contributed by atoms with E-state index in [9.17, 15) is 13.6 Å². The third-order valence-electron chi connectivity index (χ3n) is 2.43. The van der Waals surface area contributed by atoms with Crippen LogP contribution in [0.4, 0.5) is 14.6 Å². The average molecular weight is 252 g/mol. The highest BCUT2D eigenvalue weighted by Gasteiger charge is 2.08. The summed E-state index contributed by atoms with van der Waals surface area (Å²) in [5.41, 5.74) is 0. The number of aliphatic carboxylic acids is 1. The summed E-state index contributed by atoms with van der Waals surface area (Å²) in [5, 5.41) is 11.8. The molecule has 94 valence electrons. The summed E-state index contributed by atoms with van der Waals surface area (Å²) < 4.78 is 26.6. The Morgan fingerprint density at radius 1 is 1.33 bits per heavy atom. The van der Waals surface area contributed by atoms with Gasteiger partial charge in [0, 0.05) is 29.6 Å². The van der Waals surface area contributed by atoms with Crippen molar-refractivity contribution in [2.24, 2.45) is 0 Å². The number of hydrogen-bond donors (Lipinski definition) is 2. The van der Waals surface area contributed by atoms with Crippen molar-refractivity contribution in [1.29, 1.82) is 0 Å². The lowest BCUT2D eigenvalue weighted by Gasteiger charge is -2.08. The van der Waals surface area contributed by atoms with E-state index in [4.69, 9.17) is 5.11 Å². The molecule has 0 fully saturated rings. The fourth-order valence-electron chi connectivity index (χ4n) is 1.63. The Kier molecular flexibility index (Phi) is 3.36. The van der Waals surface area contributed by atoms with Gasteiger partial charge in [0.05, 0.1) is 6.42 Å². The molecule has 1 heterocycles. The monoisotopic (exact) mass is 252 g/mol. The van der Waals surface area contributed by atoms with Crippen molar-refractivity contribution in [2.45, 2.75) is 6.42 Å². The maximum atomic E-state index is 13.5. The molecule has 0 atom stereocenters. The van der Waals surface area contributed by atoms with Gasteiger partial charge in [0.2, 0.25) is 0 Å². The molecule has 0 bridgehead atoms. The second-order valence-corrected chi connectivity index (χ2v) is 3.71. The van der Waals surface area contributed by atoms with Crippen molar-refractivity contribution in [3.63, 3.8) is 0 Å². The van der Waals surface area contributed by atoms with Gasteiger partial charge in [-0.2, -0.15) is 0 Å². The number of halogens is 2. The Morgan fingerprint density at radius 3 is 2.83 bits per heavy atom. The number of nitrogens with one attached hydrogen (secondary N) is 1. The molecule has 2 rings (SSSR count). The number of pyridine rings is 1. The number of hydrogen-bond acceptors (Lipinski definition) is 3. The zero-order valence-corrected chi connectivity index (χ0v) is 9.28. The van der Waals surface area contributed by atoms with Crippen molar-refractivity contribution in [1.82, 2.24) is 4.98 Å². The number of nitrogens with zero attached hydrogens (tertiary/aromatic N) is 1. The summed E-state index contributed by atoms with van der Waals surface area (Å²) in [6.45, 7) is 0.138. The van der Waals surface area contributed by atoms with Gasteiger partial charge in [0.25, 0.3) is 0 Å². The number of aromatic nitrogens is 1. The van der Waals surface area contributed by atoms with Crippen LogP contribution in [0.1, 0.15) is 6.42 Å². The Morgan fingerprint density at radius 2 is 2.11 bits per heavy atom. The molecule has 0 aliphatic carbocycles. The highest BCUT2D eigenvalue weighted by molar-refractivity contribution is 5.92. The lowest BCUT2D eigenvalue weighted by molar-refractivity contribution is -0.136. The predicted molar refractivity (Wildman–Crippen MR) is 62.4 cm³/mol. The van der Waals surface area contributed by atoms with Crippen molar-refractivity contribution < 1.29 is 18.7 Å². The second-order valence-electron chi connectivity index (χ2n) is 3.71. The van der Waals surface area contributed by atoms with Crippen LogP contribution < -0.4 is 5.32 Å². The number of benzene rings is 1. The van der Waals surface area contributed by atoms with Gasteiger partial charge in [-0.1, -0.05) is 0 Å². The zero-order chi connectivity index (χ0) is 13.1. The van der Waals surface area contributed by atoms with Crippen LogP contribution in [0.5, 0.6) is 0 Å². The van der Waals surface area contributed by atoms with Crippen molar-refractivity contribution in [2.75, 3.05) is 11.9 Å². The van der Waals surface area contributed by atoms with E-state index in [1.54, 1.807) is 0 Å². The Hall–Kier alpha value is -2.24. The van der Waals surface area contributed by atoms with Crippen LogP contribution in [0.2, 0.25) is 0 Å². The van der Waals surface area contributed by atoms with Gasteiger partial charge in [0.15, 0.2) is 0 Å². The van der Waals surface area contributed by atoms with E-state index < -0.39 is 17.6 Å². The molecule has 0 aliphatic heterocycles. The summed E-state index contributed by atoms with van der Waals surface area (Å²) in [6.07, 6.45) is 1.28. The number of carboxylic acid groups (broad SMARTS) is 1. The van der Waals surface area contributed by atoms with Crippen LogP contribution in [-0.4, -0.2) is 22.6 Å². The molecule has 2 aromatic rings. The molecule has 0 amide bonds. The van der Waals surface area contributed by atoms with Gasteiger partial charge < -0.3 is 10.4 Å². The van der Waals surface area contributed by atoms with Gasteiger partial charge in [0.1, 0.15) is 17.5 Å². The van der Waals surface area contributed by atoms with Crippen LogP contribution in [-0.2, 0) is 4.79 Å². The summed E-state index contributed by atoms with van der Waals surface area (Å²) in [7, 11) is 0. The van der Waals surface area contributed by atoms with Crippen molar-refractivity contribution in [3.8, 4) is 0 Å². The van der Waals surface area contributed by atoms with Gasteiger partial charge >= 0.3 is 5.97 Å². The molecule has 0 saturated heterocycles. The van der Waals surface area contributed by atoms with Crippen molar-refractivity contribution >= 4 is 22.6 Å². The summed E-state index contributed by atoms with van der Waals surface area (Å²) >= 11 is 0. The van der Waals surface area contributed by atoms with Gasteiger partial charge in [-0.15, -0.1) is 0 Å². The lowest BCUT2D eigenvalue weighted by atomic mass is 10.1. The standard InChI is InChI=1S/C12H10F2N2O2/c13-7-5-9-8(10(14)6-7)1-3-15-12(9)16-4-2-11(17)18/h1,3,5-6H,2,4H2,(H,15,16)(H,17,18). The minimum absolute atomic E-state index is 0.101. The Balaban J connectivity index is 2.35. The molecule has 1 aromatic heterocycles. The quantitative estimate of drug-likeness (QED) is 0.877. The lowest BCUT2D eigenvalue weighted by Crippen LogP contribution is -2.09. The molecule has 6 heteroatoms. The van der Waals surface area contributed by atoms with E-state index in [-0.39, 0.29) is 24.2 Å². The van der Waals surface area contributed by atoms with Crippen molar-refractivity contribution in [3.05, 3.63) is 36.0 Å². The maximum absolute atomic E-state index is 13.5. The Labute approximate surface area is 101 Å². The van der Waals surface area contributed by atoms with Gasteiger partial charge in [-0.05, 0) is 12.1 Å². The smallest absolute Gasteiger partial charge is 0.305 e. The molecule has 0 aliphatic rings. The molecular formula is C12H10F2N2O2. The number of anilines is 1. The molecule has 1 aromatic carbocycles. The number of carbonyl (C=O) groups is 1. The first kappa shape index (κ1) is 12.2. The van der Waals surface area contributed by atoms with E-state index in [0.29, 0.717) is 5.39 Å². The van der Waals surface area contributed by atoms with Crippen LogP contribution >= 0.6 is 0 Å². The Bertz CT molecular complexity index is 602. The molecular weight excluding hydrogens is 242 g/mol. The van der Waals surface area contributed by atoms with Gasteiger partial charge in [-0.25, -0.2) is 13.8 Å². The molecule has 4 nitrogen and oxygen atoms in total. The fourth-order valence-corrected chi connectivity index (χ4v) is 1.63. The summed E-state index contributed by atoms with van der Waals surface area (Å²) in [5.74, 6) is -2.06. The van der Waals surface area contributed by atoms with Crippen LogP contribution in [0, 0.1) is 11.6 Å². The zero-order valence-electron chi connectivity index (χ0n) is 9.28. The van der Waals surface area contributed by atoms with Gasteiger partial charge in [-0.3, -0.25) is 4.79 Å². The van der Waals surface area contributed by atoms with E-state index >= 15 is 0 Å². The predicted octanol–water partition coefficient (Wildman–Crippen LogP) is 2.40. The first-order valence-corrected chi connectivity index (χ1v) is 5.27. The first-order chi connectivity index (χ1) is 8.58. The highest BCUT2D eigenvalue weighted by Crippen LogP contribution is 2.24. The summed E-state index contributed by atoms with van der Waals surface area (Å²) in [6, 6.07) is 3.39. The first-order valence-electron chi connectivity index (χ1n) is 5.27. The normalized spacial score (nSPS) is 10.6. The van der Waals surface area contributed by atoms with E-state index in [1.165, 1.54) is 12.3 Å². The molecule has 0 saturated carbocycles.